The van der Waals surface area contributed by atoms with E-state index in [1.807, 2.05) is 48.0 Å². The Hall–Kier alpha value is -4.83. The number of carboxylic acid groups (broad SMARTS) is 1. The fourth-order valence-electron chi connectivity index (χ4n) is 5.51. The topological polar surface area (TPSA) is 106 Å². The minimum absolute atomic E-state index is 0.124. The van der Waals surface area contributed by atoms with Gasteiger partial charge in [0, 0.05) is 58.4 Å². The highest BCUT2D eigenvalue weighted by atomic mass is 35.5. The number of benzene rings is 3. The number of carbonyl (C=O) groups excluding carboxylic acids is 1. The first-order valence-corrected chi connectivity index (χ1v) is 15.8. The zero-order valence-electron chi connectivity index (χ0n) is 25.6. The maximum atomic E-state index is 12.6. The van der Waals surface area contributed by atoms with E-state index in [9.17, 15) is 9.59 Å². The molecule has 5 aromatic rings. The van der Waals surface area contributed by atoms with Crippen molar-refractivity contribution in [3.63, 3.8) is 0 Å². The molecule has 3 aromatic carbocycles. The van der Waals surface area contributed by atoms with Gasteiger partial charge in [-0.1, -0.05) is 47.5 Å². The maximum absolute atomic E-state index is 12.6. The number of pyridine rings is 1. The molecule has 240 valence electrons. The number of hydrogen-bond donors (Lipinski definition) is 2. The van der Waals surface area contributed by atoms with Gasteiger partial charge in [-0.15, -0.1) is 0 Å². The molecule has 2 N–H and O–H groups in total. The van der Waals surface area contributed by atoms with Gasteiger partial charge in [0.05, 0.1) is 36.0 Å². The summed E-state index contributed by atoms with van der Waals surface area (Å²) in [6.45, 7) is 5.34. The molecule has 3 heterocycles. The zero-order valence-corrected chi connectivity index (χ0v) is 27.1. The van der Waals surface area contributed by atoms with E-state index in [-0.39, 0.29) is 24.6 Å². The van der Waals surface area contributed by atoms with Gasteiger partial charge in [0.1, 0.15) is 17.9 Å². The van der Waals surface area contributed by atoms with Crippen molar-refractivity contribution in [1.82, 2.24) is 14.9 Å². The Kier molecular flexibility index (Phi) is 9.77. The number of ether oxygens (including phenoxy) is 2. The summed E-state index contributed by atoms with van der Waals surface area (Å²) >= 11 is 13.6. The summed E-state index contributed by atoms with van der Waals surface area (Å²) in [6.07, 6.45) is 4.89. The van der Waals surface area contributed by atoms with Crippen LogP contribution in [0.5, 0.6) is 5.75 Å². The third kappa shape index (κ3) is 7.28. The minimum Gasteiger partial charge on any atom is -0.487 e. The number of rotatable bonds is 10. The van der Waals surface area contributed by atoms with Crippen LogP contribution in [0.4, 0.5) is 5.69 Å². The van der Waals surface area contributed by atoms with Crippen LogP contribution in [0, 0.1) is 6.92 Å². The first kappa shape index (κ1) is 32.1. The number of halogens is 2. The fraction of sp³-hybridized carbons (Fsp3) is 0.194. The summed E-state index contributed by atoms with van der Waals surface area (Å²) in [7, 11) is 0. The lowest BCUT2D eigenvalue weighted by Gasteiger charge is -2.30. The second kappa shape index (κ2) is 14.3. The van der Waals surface area contributed by atoms with E-state index in [0.29, 0.717) is 45.8 Å². The van der Waals surface area contributed by atoms with Crippen molar-refractivity contribution in [2.45, 2.75) is 20.1 Å². The summed E-state index contributed by atoms with van der Waals surface area (Å²) in [5.74, 6) is -0.669. The number of nitrogens with one attached hydrogen (secondary N) is 1. The van der Waals surface area contributed by atoms with Crippen LogP contribution >= 0.6 is 23.2 Å². The average molecular weight is 672 g/mol. The van der Waals surface area contributed by atoms with Crippen LogP contribution in [0.1, 0.15) is 32.9 Å². The molecule has 1 aliphatic rings. The molecule has 11 heteroatoms. The number of morpholine rings is 1. The summed E-state index contributed by atoms with van der Waals surface area (Å²) in [4.78, 5) is 30.8. The minimum atomic E-state index is -1.00. The second-order valence-corrected chi connectivity index (χ2v) is 11.8. The lowest BCUT2D eigenvalue weighted by Crippen LogP contribution is -2.36. The summed E-state index contributed by atoms with van der Waals surface area (Å²) in [5, 5.41) is 13.9. The highest BCUT2D eigenvalue weighted by Crippen LogP contribution is 2.36. The molecule has 1 aliphatic heterocycles. The quantitative estimate of drug-likeness (QED) is 0.153. The number of nitrogens with zero attached hydrogens (tertiary/aromatic N) is 3. The summed E-state index contributed by atoms with van der Waals surface area (Å²) in [5.41, 5.74) is 5.79. The van der Waals surface area contributed by atoms with E-state index in [1.165, 1.54) is 18.2 Å². The van der Waals surface area contributed by atoms with Gasteiger partial charge in [-0.3, -0.25) is 4.79 Å². The normalized spacial score (nSPS) is 13.3. The van der Waals surface area contributed by atoms with Crippen LogP contribution in [-0.2, 0) is 22.7 Å². The van der Waals surface area contributed by atoms with E-state index in [0.717, 1.165) is 41.1 Å². The third-order valence-electron chi connectivity index (χ3n) is 7.92. The van der Waals surface area contributed by atoms with Gasteiger partial charge < -0.3 is 29.4 Å². The SMILES string of the molecule is Cc1cc(N2CCOCC2)c2cccc(OCc3c(Cl)ccc(-n4cccc4CNC(=O)/C=C/c4ccc(C(=O)O)cc4)c3Cl)c2n1. The zero-order chi connectivity index (χ0) is 32.9. The molecule has 9 nitrogen and oxygen atoms in total. The van der Waals surface area contributed by atoms with Gasteiger partial charge >= 0.3 is 5.97 Å². The molecule has 0 bridgehead atoms. The van der Waals surface area contributed by atoms with Crippen molar-refractivity contribution >= 4 is 57.7 Å². The number of hydrogen-bond acceptors (Lipinski definition) is 6. The highest BCUT2D eigenvalue weighted by Gasteiger charge is 2.19. The first-order chi connectivity index (χ1) is 22.8. The van der Waals surface area contributed by atoms with E-state index in [1.54, 1.807) is 24.3 Å². The van der Waals surface area contributed by atoms with Crippen molar-refractivity contribution in [2.75, 3.05) is 31.2 Å². The fourth-order valence-corrected chi connectivity index (χ4v) is 6.08. The monoisotopic (exact) mass is 670 g/mol. The average Bonchev–Trinajstić information content (AvgIpc) is 3.55. The number of para-hydroxylation sites is 1. The number of anilines is 1. The van der Waals surface area contributed by atoms with Gasteiger partial charge in [0.15, 0.2) is 0 Å². The Labute approximate surface area is 282 Å². The van der Waals surface area contributed by atoms with E-state index in [4.69, 9.17) is 42.8 Å². The predicted molar refractivity (Wildman–Crippen MR) is 184 cm³/mol. The second-order valence-electron chi connectivity index (χ2n) is 11.0. The van der Waals surface area contributed by atoms with Crippen LogP contribution in [0.3, 0.4) is 0 Å². The van der Waals surface area contributed by atoms with E-state index < -0.39 is 5.97 Å². The van der Waals surface area contributed by atoms with Crippen molar-refractivity contribution in [2.24, 2.45) is 0 Å². The van der Waals surface area contributed by atoms with Crippen LogP contribution in [0.15, 0.2) is 85.1 Å². The van der Waals surface area contributed by atoms with Crippen molar-refractivity contribution in [3.8, 4) is 11.4 Å². The number of amides is 1. The maximum Gasteiger partial charge on any atom is 0.335 e. The van der Waals surface area contributed by atoms with Gasteiger partial charge in [0.25, 0.3) is 0 Å². The van der Waals surface area contributed by atoms with Crippen LogP contribution in [-0.4, -0.2) is 52.8 Å². The smallest absolute Gasteiger partial charge is 0.335 e. The summed E-state index contributed by atoms with van der Waals surface area (Å²) < 4.78 is 13.8. The molecule has 1 fully saturated rings. The molecule has 47 heavy (non-hydrogen) atoms. The predicted octanol–water partition coefficient (Wildman–Crippen LogP) is 7.08. The Morgan fingerprint density at radius 3 is 2.57 bits per heavy atom. The van der Waals surface area contributed by atoms with Crippen molar-refractivity contribution in [3.05, 3.63) is 123 Å². The van der Waals surface area contributed by atoms with E-state index in [2.05, 4.69) is 22.3 Å². The van der Waals surface area contributed by atoms with Gasteiger partial charge in [-0.25, -0.2) is 9.78 Å². The largest absolute Gasteiger partial charge is 0.487 e. The first-order valence-electron chi connectivity index (χ1n) is 15.1. The molecule has 0 spiro atoms. The number of aromatic carboxylic acids is 1. The molecular weight excluding hydrogens is 639 g/mol. The van der Waals surface area contributed by atoms with Crippen molar-refractivity contribution < 1.29 is 24.2 Å². The third-order valence-corrected chi connectivity index (χ3v) is 8.70. The molecule has 0 saturated carbocycles. The molecule has 1 saturated heterocycles. The van der Waals surface area contributed by atoms with E-state index >= 15 is 0 Å². The number of aromatic nitrogens is 2. The Morgan fingerprint density at radius 1 is 1.02 bits per heavy atom. The molecule has 2 aromatic heterocycles. The van der Waals surface area contributed by atoms with Crippen LogP contribution in [0.25, 0.3) is 22.7 Å². The lowest BCUT2D eigenvalue weighted by atomic mass is 10.1. The standard InChI is InChI=1S/C36H32Cl2N4O5/c1-23-20-31(41-16-18-46-19-17-41)27-5-2-6-32(35(27)40-23)47-22-28-29(37)12-13-30(34(28)38)42-15-3-4-26(42)21-39-33(43)14-9-24-7-10-25(11-8-24)36(44)45/h2-15,20H,16-19,21-22H2,1H3,(H,39,43)(H,44,45)/b14-9+. The Morgan fingerprint density at radius 2 is 1.81 bits per heavy atom. The van der Waals surface area contributed by atoms with Gasteiger partial charge in [-0.05, 0) is 67.1 Å². The highest BCUT2D eigenvalue weighted by molar-refractivity contribution is 6.37. The van der Waals surface area contributed by atoms with Gasteiger partial charge in [0.2, 0.25) is 5.91 Å². The van der Waals surface area contributed by atoms with Crippen LogP contribution < -0.4 is 15.0 Å². The Bertz CT molecular complexity index is 1970. The summed E-state index contributed by atoms with van der Waals surface area (Å²) in [6, 6.07) is 21.7. The van der Waals surface area contributed by atoms with Crippen molar-refractivity contribution in [1.29, 1.82) is 0 Å². The molecule has 0 radical (unpaired) electrons. The van der Waals surface area contributed by atoms with Gasteiger partial charge in [-0.2, -0.15) is 0 Å². The molecule has 0 unspecified atom stereocenters. The molecule has 6 rings (SSSR count). The molecule has 0 aliphatic carbocycles. The number of carboxylic acids is 1. The number of carbonyl (C=O) groups is 2. The lowest BCUT2D eigenvalue weighted by molar-refractivity contribution is -0.116. The Balaban J connectivity index is 1.18. The molecule has 0 atom stereocenters. The number of fused-ring (bicyclic) bond motifs is 1. The molecule has 1 amide bonds. The number of aryl methyl sites for hydroxylation is 1. The molecular formula is C36H32Cl2N4O5. The van der Waals surface area contributed by atoms with Crippen LogP contribution in [0.2, 0.25) is 10.0 Å².